The molecule has 1 fully saturated rings. The Bertz CT molecular complexity index is 1390. The second-order valence-electron chi connectivity index (χ2n) is 9.99. The van der Waals surface area contributed by atoms with Gasteiger partial charge in [-0.25, -0.2) is 8.42 Å². The average Bonchev–Trinajstić information content (AvgIpc) is 2.93. The molecule has 0 saturated carbocycles. The molecule has 10 heteroatoms. The molecule has 8 nitrogen and oxygen atoms in total. The van der Waals surface area contributed by atoms with Crippen molar-refractivity contribution in [2.45, 2.75) is 44.9 Å². The van der Waals surface area contributed by atoms with Crippen LogP contribution in [0.1, 0.15) is 41.3 Å². The highest BCUT2D eigenvalue weighted by molar-refractivity contribution is 9.10. The van der Waals surface area contributed by atoms with Crippen LogP contribution in [0.25, 0.3) is 0 Å². The minimum absolute atomic E-state index is 0.0955. The quantitative estimate of drug-likeness (QED) is 0.238. The lowest BCUT2D eigenvalue weighted by Crippen LogP contribution is -2.48. The lowest BCUT2D eigenvalue weighted by molar-refractivity contribution is 0.0830. The van der Waals surface area contributed by atoms with Crippen molar-refractivity contribution in [3.05, 3.63) is 94.0 Å². The van der Waals surface area contributed by atoms with Crippen LogP contribution in [0.4, 0.5) is 11.4 Å². The standard InChI is InChI=1S/C30H37BrN4O4S/c1-2-33-26-17-24(18-27(19-26)35-13-6-7-14-40(35,38)39)30(37)34-28(16-22-9-4-3-5-10-22)29(36)21-32-20-23-11-8-12-25(31)15-23/h3-5,8-12,15,17-19,28-29,32-33,36H,2,6-7,13-14,16,20-21H2,1H3,(H,34,37)/t28-,29+/m0/s1. The Morgan fingerprint density at radius 2 is 1.80 bits per heavy atom. The highest BCUT2D eigenvalue weighted by Gasteiger charge is 2.28. The van der Waals surface area contributed by atoms with E-state index >= 15 is 0 Å². The Kier molecular flexibility index (Phi) is 10.6. The fourth-order valence-corrected chi connectivity index (χ4v) is 6.90. The third-order valence-corrected chi connectivity index (χ3v) is 9.21. The molecule has 4 N–H and O–H groups in total. The van der Waals surface area contributed by atoms with Gasteiger partial charge in [0.05, 0.1) is 23.6 Å². The first-order valence-corrected chi connectivity index (χ1v) is 16.0. The maximum atomic E-state index is 13.6. The SMILES string of the molecule is CCNc1cc(C(=O)N[C@@H](Cc2ccccc2)[C@H](O)CNCc2cccc(Br)c2)cc(N2CCCCS2(=O)=O)c1. The number of halogens is 1. The van der Waals surface area contributed by atoms with Crippen LogP contribution < -0.4 is 20.3 Å². The number of hydrogen-bond donors (Lipinski definition) is 4. The number of aliphatic hydroxyl groups is 1. The topological polar surface area (TPSA) is 111 Å². The van der Waals surface area contributed by atoms with Crippen molar-refractivity contribution in [3.63, 3.8) is 0 Å². The van der Waals surface area contributed by atoms with E-state index in [4.69, 9.17) is 0 Å². The van der Waals surface area contributed by atoms with E-state index in [2.05, 4.69) is 31.9 Å². The van der Waals surface area contributed by atoms with E-state index in [0.717, 1.165) is 22.0 Å². The normalized spacial score (nSPS) is 16.2. The van der Waals surface area contributed by atoms with Gasteiger partial charge in [0.15, 0.2) is 0 Å². The summed E-state index contributed by atoms with van der Waals surface area (Å²) in [6.45, 7) is 3.80. The van der Waals surface area contributed by atoms with Crippen LogP contribution in [0, 0.1) is 0 Å². The first-order valence-electron chi connectivity index (χ1n) is 13.6. The van der Waals surface area contributed by atoms with Gasteiger partial charge in [-0.3, -0.25) is 9.10 Å². The number of carbonyl (C=O) groups excluding carboxylic acids is 1. The van der Waals surface area contributed by atoms with E-state index < -0.39 is 22.2 Å². The van der Waals surface area contributed by atoms with E-state index in [0.29, 0.717) is 49.4 Å². The van der Waals surface area contributed by atoms with Gasteiger partial charge < -0.3 is 21.1 Å². The molecule has 1 amide bonds. The van der Waals surface area contributed by atoms with Crippen molar-refractivity contribution in [2.24, 2.45) is 0 Å². The molecule has 214 valence electrons. The lowest BCUT2D eigenvalue weighted by atomic mass is 10.00. The van der Waals surface area contributed by atoms with Crippen molar-refractivity contribution in [3.8, 4) is 0 Å². The van der Waals surface area contributed by atoms with Gasteiger partial charge >= 0.3 is 0 Å². The molecule has 0 radical (unpaired) electrons. The molecule has 40 heavy (non-hydrogen) atoms. The van der Waals surface area contributed by atoms with Gasteiger partial charge in [-0.1, -0.05) is 58.4 Å². The van der Waals surface area contributed by atoms with Crippen molar-refractivity contribution in [1.29, 1.82) is 0 Å². The zero-order valence-electron chi connectivity index (χ0n) is 22.6. The molecule has 2 atom stereocenters. The van der Waals surface area contributed by atoms with Gasteiger partial charge in [-0.15, -0.1) is 0 Å². The second-order valence-corrected chi connectivity index (χ2v) is 12.9. The van der Waals surface area contributed by atoms with Gasteiger partial charge in [0, 0.05) is 41.9 Å². The summed E-state index contributed by atoms with van der Waals surface area (Å²) in [7, 11) is -3.44. The number of rotatable bonds is 12. The van der Waals surface area contributed by atoms with Crippen molar-refractivity contribution in [1.82, 2.24) is 10.6 Å². The molecular formula is C30H37BrN4O4S. The summed E-state index contributed by atoms with van der Waals surface area (Å²) in [6.07, 6.45) is 0.972. The largest absolute Gasteiger partial charge is 0.390 e. The Morgan fingerprint density at radius 1 is 1.02 bits per heavy atom. The second kappa shape index (κ2) is 14.1. The average molecular weight is 630 g/mol. The summed E-state index contributed by atoms with van der Waals surface area (Å²) in [6, 6.07) is 22.2. The van der Waals surface area contributed by atoms with Crippen LogP contribution in [0.5, 0.6) is 0 Å². The molecule has 0 bridgehead atoms. The third kappa shape index (κ3) is 8.30. The molecule has 0 unspecified atom stereocenters. The lowest BCUT2D eigenvalue weighted by Gasteiger charge is -2.29. The summed E-state index contributed by atoms with van der Waals surface area (Å²) in [4.78, 5) is 13.6. The number of nitrogens with one attached hydrogen (secondary N) is 3. The van der Waals surface area contributed by atoms with E-state index in [1.54, 1.807) is 18.2 Å². The van der Waals surface area contributed by atoms with Crippen LogP contribution in [0.3, 0.4) is 0 Å². The molecule has 1 aliphatic heterocycles. The fraction of sp³-hybridized carbons (Fsp3) is 0.367. The number of amides is 1. The number of nitrogens with zero attached hydrogens (tertiary/aromatic N) is 1. The summed E-state index contributed by atoms with van der Waals surface area (Å²) in [5.41, 5.74) is 3.54. The van der Waals surface area contributed by atoms with Crippen LogP contribution in [-0.4, -0.2) is 57.0 Å². The number of carbonyl (C=O) groups is 1. The summed E-state index contributed by atoms with van der Waals surface area (Å²) < 4.78 is 28.0. The van der Waals surface area contributed by atoms with Crippen LogP contribution in [-0.2, 0) is 23.0 Å². The minimum Gasteiger partial charge on any atom is -0.390 e. The van der Waals surface area contributed by atoms with E-state index in [-0.39, 0.29) is 18.2 Å². The zero-order chi connectivity index (χ0) is 28.5. The van der Waals surface area contributed by atoms with Gasteiger partial charge in [0.2, 0.25) is 10.0 Å². The van der Waals surface area contributed by atoms with Crippen molar-refractivity contribution >= 4 is 43.2 Å². The first kappa shape index (κ1) is 30.0. The highest BCUT2D eigenvalue weighted by atomic mass is 79.9. The minimum atomic E-state index is -3.44. The predicted molar refractivity (Wildman–Crippen MR) is 164 cm³/mol. The van der Waals surface area contributed by atoms with Crippen LogP contribution in [0.2, 0.25) is 0 Å². The fourth-order valence-electron chi connectivity index (χ4n) is 4.83. The van der Waals surface area contributed by atoms with Crippen molar-refractivity contribution in [2.75, 3.05) is 35.0 Å². The van der Waals surface area contributed by atoms with Crippen LogP contribution in [0.15, 0.2) is 77.3 Å². The smallest absolute Gasteiger partial charge is 0.251 e. The van der Waals surface area contributed by atoms with Gasteiger partial charge in [-0.2, -0.15) is 0 Å². The highest BCUT2D eigenvalue weighted by Crippen LogP contribution is 2.28. The van der Waals surface area contributed by atoms with E-state index in [1.807, 2.05) is 61.5 Å². The molecule has 0 aromatic heterocycles. The Labute approximate surface area is 245 Å². The molecular weight excluding hydrogens is 592 g/mol. The van der Waals surface area contributed by atoms with E-state index in [9.17, 15) is 18.3 Å². The Morgan fingerprint density at radius 3 is 2.52 bits per heavy atom. The Hall–Kier alpha value is -2.92. The molecule has 0 spiro atoms. The number of anilines is 2. The molecule has 0 aliphatic carbocycles. The maximum Gasteiger partial charge on any atom is 0.251 e. The molecule has 1 saturated heterocycles. The molecule has 3 aromatic rings. The number of aliphatic hydroxyl groups excluding tert-OH is 1. The van der Waals surface area contributed by atoms with Gasteiger partial charge in [-0.05, 0) is 67.6 Å². The maximum absolute atomic E-state index is 13.6. The molecule has 1 aliphatic rings. The van der Waals surface area contributed by atoms with Gasteiger partial charge in [0.25, 0.3) is 5.91 Å². The van der Waals surface area contributed by atoms with E-state index in [1.165, 1.54) is 4.31 Å². The van der Waals surface area contributed by atoms with Crippen LogP contribution >= 0.6 is 15.9 Å². The number of hydrogen-bond acceptors (Lipinski definition) is 6. The molecule has 4 rings (SSSR count). The summed E-state index contributed by atoms with van der Waals surface area (Å²) in [5, 5.41) is 20.7. The zero-order valence-corrected chi connectivity index (χ0v) is 25.0. The summed E-state index contributed by atoms with van der Waals surface area (Å²) in [5.74, 6) is -0.277. The Balaban J connectivity index is 1.53. The predicted octanol–water partition coefficient (Wildman–Crippen LogP) is 4.30. The first-order chi connectivity index (χ1) is 19.2. The molecule has 3 aromatic carbocycles. The summed E-state index contributed by atoms with van der Waals surface area (Å²) >= 11 is 3.48. The number of sulfonamides is 1. The monoisotopic (exact) mass is 628 g/mol. The molecule has 1 heterocycles. The van der Waals surface area contributed by atoms with Crippen molar-refractivity contribution < 1.29 is 18.3 Å². The third-order valence-electron chi connectivity index (χ3n) is 6.85. The van der Waals surface area contributed by atoms with Gasteiger partial charge in [0.1, 0.15) is 0 Å². The number of benzene rings is 3.